The Kier molecular flexibility index (Phi) is 4.75. The summed E-state index contributed by atoms with van der Waals surface area (Å²) in [5.74, 6) is 0.554. The van der Waals surface area contributed by atoms with Crippen molar-refractivity contribution in [1.82, 2.24) is 4.90 Å². The summed E-state index contributed by atoms with van der Waals surface area (Å²) < 4.78 is 0. The molecule has 2 unspecified atom stereocenters. The quantitative estimate of drug-likeness (QED) is 0.792. The molecule has 1 aromatic rings. The number of likely N-dealkylation sites (tertiary alicyclic amines) is 1. The third-order valence-corrected chi connectivity index (χ3v) is 5.16. The number of amides is 1. The molecule has 1 aliphatic heterocycles. The fourth-order valence-corrected chi connectivity index (χ4v) is 3.60. The summed E-state index contributed by atoms with van der Waals surface area (Å²) in [5.41, 5.74) is 0. The van der Waals surface area contributed by atoms with E-state index < -0.39 is 0 Å². The first kappa shape index (κ1) is 14.3. The first-order valence-corrected chi connectivity index (χ1v) is 7.81. The lowest BCUT2D eigenvalue weighted by molar-refractivity contribution is -0.132. The Bertz CT molecular complexity index is 455. The SMILES string of the molecule is CCC(C)N1CCCC(c2ccc(C=O)s2)CC1=O. The minimum absolute atomic E-state index is 0.262. The molecule has 0 N–H and O–H groups in total. The van der Waals surface area contributed by atoms with Crippen LogP contribution in [0.3, 0.4) is 0 Å². The van der Waals surface area contributed by atoms with E-state index in [0.29, 0.717) is 18.4 Å². The second-order valence-corrected chi connectivity index (χ2v) is 6.39. The molecule has 104 valence electrons. The van der Waals surface area contributed by atoms with Crippen molar-refractivity contribution in [3.63, 3.8) is 0 Å². The molecule has 1 amide bonds. The summed E-state index contributed by atoms with van der Waals surface area (Å²) in [5, 5.41) is 0. The number of hydrogen-bond donors (Lipinski definition) is 0. The molecule has 1 aliphatic rings. The van der Waals surface area contributed by atoms with E-state index in [0.717, 1.165) is 37.0 Å². The number of rotatable bonds is 4. The third-order valence-electron chi connectivity index (χ3n) is 3.98. The molecule has 2 heterocycles. The summed E-state index contributed by atoms with van der Waals surface area (Å²) in [6.45, 7) is 5.11. The summed E-state index contributed by atoms with van der Waals surface area (Å²) >= 11 is 1.53. The molecular formula is C15H21NO2S. The molecule has 1 aromatic heterocycles. The van der Waals surface area contributed by atoms with Crippen LogP contribution in [0, 0.1) is 0 Å². The van der Waals surface area contributed by atoms with Crippen LogP contribution in [-0.4, -0.2) is 29.7 Å². The number of aldehydes is 1. The zero-order valence-electron chi connectivity index (χ0n) is 11.6. The average Bonchev–Trinajstić information content (AvgIpc) is 2.82. The maximum absolute atomic E-state index is 12.3. The van der Waals surface area contributed by atoms with Gasteiger partial charge in [-0.25, -0.2) is 0 Å². The van der Waals surface area contributed by atoms with E-state index in [9.17, 15) is 9.59 Å². The van der Waals surface area contributed by atoms with Crippen LogP contribution in [0.5, 0.6) is 0 Å². The highest BCUT2D eigenvalue weighted by atomic mass is 32.1. The predicted octanol–water partition coefficient (Wildman–Crippen LogP) is 3.46. The lowest BCUT2D eigenvalue weighted by Crippen LogP contribution is -2.38. The molecule has 0 radical (unpaired) electrons. The molecule has 0 aromatic carbocycles. The maximum atomic E-state index is 12.3. The van der Waals surface area contributed by atoms with Crippen molar-refractivity contribution in [1.29, 1.82) is 0 Å². The van der Waals surface area contributed by atoms with Gasteiger partial charge in [0.1, 0.15) is 0 Å². The van der Waals surface area contributed by atoms with Gasteiger partial charge in [0, 0.05) is 29.8 Å². The number of carbonyl (C=O) groups excluding carboxylic acids is 2. The standard InChI is InChI=1S/C15H21NO2S/c1-3-11(2)16-8-4-5-12(9-15(16)18)14-7-6-13(10-17)19-14/h6-7,10-12H,3-5,8-9H2,1-2H3. The largest absolute Gasteiger partial charge is 0.340 e. The first-order valence-electron chi connectivity index (χ1n) is 7.00. The van der Waals surface area contributed by atoms with Gasteiger partial charge in [0.05, 0.1) is 4.88 Å². The Hall–Kier alpha value is -1.16. The van der Waals surface area contributed by atoms with Gasteiger partial charge < -0.3 is 4.90 Å². The van der Waals surface area contributed by atoms with Crippen LogP contribution in [0.25, 0.3) is 0 Å². The van der Waals surface area contributed by atoms with Crippen molar-refractivity contribution in [2.45, 2.75) is 51.5 Å². The Labute approximate surface area is 118 Å². The highest BCUT2D eigenvalue weighted by Crippen LogP contribution is 2.33. The molecule has 0 spiro atoms. The van der Waals surface area contributed by atoms with Gasteiger partial charge in [0.25, 0.3) is 0 Å². The van der Waals surface area contributed by atoms with E-state index in [2.05, 4.69) is 13.8 Å². The van der Waals surface area contributed by atoms with Crippen molar-refractivity contribution in [2.24, 2.45) is 0 Å². The Balaban J connectivity index is 2.09. The molecule has 0 bridgehead atoms. The zero-order chi connectivity index (χ0) is 13.8. The second kappa shape index (κ2) is 6.33. The molecule has 19 heavy (non-hydrogen) atoms. The minimum Gasteiger partial charge on any atom is -0.340 e. The van der Waals surface area contributed by atoms with E-state index >= 15 is 0 Å². The van der Waals surface area contributed by atoms with Gasteiger partial charge in [-0.1, -0.05) is 6.92 Å². The fraction of sp³-hybridized carbons (Fsp3) is 0.600. The van der Waals surface area contributed by atoms with E-state index in [-0.39, 0.29) is 5.91 Å². The summed E-state index contributed by atoms with van der Waals surface area (Å²) in [6.07, 6.45) is 4.57. The fourth-order valence-electron chi connectivity index (χ4n) is 2.64. The predicted molar refractivity (Wildman–Crippen MR) is 77.8 cm³/mol. The maximum Gasteiger partial charge on any atom is 0.223 e. The van der Waals surface area contributed by atoms with Gasteiger partial charge in [0.2, 0.25) is 5.91 Å². The van der Waals surface area contributed by atoms with E-state index in [1.54, 1.807) is 0 Å². The Morgan fingerprint density at radius 3 is 2.95 bits per heavy atom. The van der Waals surface area contributed by atoms with Crippen LogP contribution in [-0.2, 0) is 4.79 Å². The number of nitrogens with zero attached hydrogens (tertiary/aromatic N) is 1. The van der Waals surface area contributed by atoms with Gasteiger partial charge in [-0.15, -0.1) is 11.3 Å². The van der Waals surface area contributed by atoms with E-state index in [1.807, 2.05) is 17.0 Å². The van der Waals surface area contributed by atoms with Crippen LogP contribution in [0.1, 0.15) is 60.0 Å². The molecule has 4 heteroatoms. The van der Waals surface area contributed by atoms with Crippen molar-refractivity contribution in [2.75, 3.05) is 6.54 Å². The monoisotopic (exact) mass is 279 g/mol. The van der Waals surface area contributed by atoms with Crippen LogP contribution >= 0.6 is 11.3 Å². The minimum atomic E-state index is 0.262. The summed E-state index contributed by atoms with van der Waals surface area (Å²) in [7, 11) is 0. The number of hydrogen-bond acceptors (Lipinski definition) is 3. The smallest absolute Gasteiger partial charge is 0.223 e. The third kappa shape index (κ3) is 3.24. The van der Waals surface area contributed by atoms with Gasteiger partial charge in [-0.2, -0.15) is 0 Å². The highest BCUT2D eigenvalue weighted by molar-refractivity contribution is 7.13. The van der Waals surface area contributed by atoms with Crippen molar-refractivity contribution in [3.8, 4) is 0 Å². The molecule has 1 saturated heterocycles. The van der Waals surface area contributed by atoms with Crippen LogP contribution < -0.4 is 0 Å². The molecular weight excluding hydrogens is 258 g/mol. The van der Waals surface area contributed by atoms with Gasteiger partial charge in [-0.05, 0) is 38.3 Å². The average molecular weight is 279 g/mol. The Morgan fingerprint density at radius 2 is 2.32 bits per heavy atom. The molecule has 3 nitrogen and oxygen atoms in total. The van der Waals surface area contributed by atoms with Crippen LogP contribution in [0.4, 0.5) is 0 Å². The first-order chi connectivity index (χ1) is 9.15. The van der Waals surface area contributed by atoms with E-state index in [4.69, 9.17) is 0 Å². The number of thiophene rings is 1. The summed E-state index contributed by atoms with van der Waals surface area (Å²) in [4.78, 5) is 27.0. The lowest BCUT2D eigenvalue weighted by atomic mass is 9.99. The lowest BCUT2D eigenvalue weighted by Gasteiger charge is -2.27. The topological polar surface area (TPSA) is 37.4 Å². The zero-order valence-corrected chi connectivity index (χ0v) is 12.4. The number of carbonyl (C=O) groups is 2. The second-order valence-electron chi connectivity index (χ2n) is 5.25. The molecule has 0 saturated carbocycles. The normalized spacial score (nSPS) is 22.1. The van der Waals surface area contributed by atoms with Crippen molar-refractivity contribution in [3.05, 3.63) is 21.9 Å². The molecule has 0 aliphatic carbocycles. The van der Waals surface area contributed by atoms with Gasteiger partial charge in [0.15, 0.2) is 6.29 Å². The molecule has 1 fully saturated rings. The van der Waals surface area contributed by atoms with Gasteiger partial charge in [-0.3, -0.25) is 9.59 Å². The Morgan fingerprint density at radius 1 is 1.53 bits per heavy atom. The van der Waals surface area contributed by atoms with E-state index in [1.165, 1.54) is 16.2 Å². The molecule has 2 rings (SSSR count). The highest BCUT2D eigenvalue weighted by Gasteiger charge is 2.27. The molecule has 2 atom stereocenters. The van der Waals surface area contributed by atoms with Crippen LogP contribution in [0.15, 0.2) is 12.1 Å². The summed E-state index contributed by atoms with van der Waals surface area (Å²) in [6, 6.07) is 4.19. The van der Waals surface area contributed by atoms with Crippen molar-refractivity contribution >= 4 is 23.5 Å². The van der Waals surface area contributed by atoms with Crippen LogP contribution in [0.2, 0.25) is 0 Å². The van der Waals surface area contributed by atoms with Gasteiger partial charge >= 0.3 is 0 Å². The van der Waals surface area contributed by atoms with Crippen molar-refractivity contribution < 1.29 is 9.59 Å².